The summed E-state index contributed by atoms with van der Waals surface area (Å²) in [6.45, 7) is 2.15. The van der Waals surface area contributed by atoms with E-state index in [1.807, 2.05) is 18.3 Å². The molecule has 1 fully saturated rings. The fourth-order valence-corrected chi connectivity index (χ4v) is 3.32. The van der Waals surface area contributed by atoms with E-state index in [9.17, 15) is 5.11 Å². The molecule has 4 heteroatoms. The summed E-state index contributed by atoms with van der Waals surface area (Å²) in [5, 5.41) is 11.8. The first-order valence-corrected chi connectivity index (χ1v) is 7.59. The number of hydrogen-bond acceptors (Lipinski definition) is 4. The Kier molecular flexibility index (Phi) is 4.08. The Balaban J connectivity index is 2.04. The Morgan fingerprint density at radius 2 is 2.05 bits per heavy atom. The van der Waals surface area contributed by atoms with Gasteiger partial charge < -0.3 is 14.9 Å². The lowest BCUT2D eigenvalue weighted by atomic mass is 10.1. The summed E-state index contributed by atoms with van der Waals surface area (Å²) in [4.78, 5) is 9.34. The fraction of sp³-hybridized carbons (Fsp3) is 0.471. The lowest BCUT2D eigenvalue weighted by Crippen LogP contribution is -2.38. The molecule has 1 aliphatic rings. The van der Waals surface area contributed by atoms with Gasteiger partial charge in [-0.05, 0) is 32.3 Å². The van der Waals surface area contributed by atoms with E-state index in [2.05, 4.69) is 41.0 Å². The van der Waals surface area contributed by atoms with Crippen LogP contribution in [0.2, 0.25) is 0 Å². The van der Waals surface area contributed by atoms with Crippen LogP contribution in [0.1, 0.15) is 18.4 Å². The largest absolute Gasteiger partial charge is 0.392 e. The normalized spacial score (nSPS) is 18.9. The second-order valence-corrected chi connectivity index (χ2v) is 6.06. The van der Waals surface area contributed by atoms with Crippen molar-refractivity contribution in [1.82, 2.24) is 9.88 Å². The minimum absolute atomic E-state index is 0.0366. The molecule has 0 spiro atoms. The third-order valence-electron chi connectivity index (χ3n) is 4.25. The van der Waals surface area contributed by atoms with E-state index < -0.39 is 0 Å². The van der Waals surface area contributed by atoms with Crippen LogP contribution < -0.4 is 4.90 Å². The monoisotopic (exact) mass is 285 g/mol. The first-order chi connectivity index (χ1) is 10.2. The molecule has 1 N–H and O–H groups in total. The number of aliphatic hydroxyl groups excluding tert-OH is 1. The Bertz CT molecular complexity index is 626. The standard InChI is InChI=1S/C17H23N3O/c1-19(2)11-14-6-5-9-20(14)17-16-8-4-3-7-15(16)13(12-21)10-18-17/h3-4,7-8,10,14,21H,5-6,9,11-12H2,1-2H3. The van der Waals surface area contributed by atoms with E-state index in [0.717, 1.165) is 35.2 Å². The van der Waals surface area contributed by atoms with E-state index in [1.165, 1.54) is 12.8 Å². The van der Waals surface area contributed by atoms with Crippen LogP contribution in [0.25, 0.3) is 10.8 Å². The van der Waals surface area contributed by atoms with Gasteiger partial charge >= 0.3 is 0 Å². The van der Waals surface area contributed by atoms with Gasteiger partial charge in [-0.3, -0.25) is 0 Å². The molecule has 1 atom stereocenters. The predicted octanol–water partition coefficient (Wildman–Crippen LogP) is 2.26. The highest BCUT2D eigenvalue weighted by Gasteiger charge is 2.27. The first kappa shape index (κ1) is 14.3. The number of aromatic nitrogens is 1. The number of nitrogens with zero attached hydrogens (tertiary/aromatic N) is 3. The summed E-state index contributed by atoms with van der Waals surface area (Å²) in [5.41, 5.74) is 0.901. The van der Waals surface area contributed by atoms with Crippen LogP contribution in [0.4, 0.5) is 5.82 Å². The van der Waals surface area contributed by atoms with Gasteiger partial charge in [0.2, 0.25) is 0 Å². The lowest BCUT2D eigenvalue weighted by Gasteiger charge is -2.29. The van der Waals surface area contributed by atoms with E-state index in [4.69, 9.17) is 0 Å². The number of hydrogen-bond donors (Lipinski definition) is 1. The molecule has 1 aromatic heterocycles. The third-order valence-corrected chi connectivity index (χ3v) is 4.25. The predicted molar refractivity (Wildman–Crippen MR) is 86.6 cm³/mol. The van der Waals surface area contributed by atoms with Gasteiger partial charge in [-0.15, -0.1) is 0 Å². The topological polar surface area (TPSA) is 39.6 Å². The zero-order valence-electron chi connectivity index (χ0n) is 12.8. The maximum Gasteiger partial charge on any atom is 0.136 e. The number of benzene rings is 1. The van der Waals surface area contributed by atoms with Gasteiger partial charge in [0.1, 0.15) is 5.82 Å². The van der Waals surface area contributed by atoms with Crippen molar-refractivity contribution in [2.24, 2.45) is 0 Å². The minimum Gasteiger partial charge on any atom is -0.392 e. The summed E-state index contributed by atoms with van der Waals surface area (Å²) in [5.74, 6) is 1.06. The molecule has 0 aliphatic carbocycles. The molecule has 1 aliphatic heterocycles. The summed E-state index contributed by atoms with van der Waals surface area (Å²) in [6, 6.07) is 8.78. The van der Waals surface area contributed by atoms with Crippen molar-refractivity contribution >= 4 is 16.6 Å². The van der Waals surface area contributed by atoms with Gasteiger partial charge in [0.15, 0.2) is 0 Å². The SMILES string of the molecule is CN(C)CC1CCCN1c1ncc(CO)c2ccccc12. The Morgan fingerprint density at radius 3 is 2.76 bits per heavy atom. The van der Waals surface area contributed by atoms with Crippen LogP contribution in [0.5, 0.6) is 0 Å². The molecule has 0 amide bonds. The second-order valence-electron chi connectivity index (χ2n) is 6.06. The fourth-order valence-electron chi connectivity index (χ4n) is 3.32. The smallest absolute Gasteiger partial charge is 0.136 e. The number of anilines is 1. The van der Waals surface area contributed by atoms with Crippen molar-refractivity contribution in [3.05, 3.63) is 36.0 Å². The number of rotatable bonds is 4. The maximum atomic E-state index is 9.50. The number of aliphatic hydroxyl groups is 1. The van der Waals surface area contributed by atoms with Crippen molar-refractivity contribution in [3.8, 4) is 0 Å². The molecule has 2 aromatic rings. The van der Waals surface area contributed by atoms with Crippen LogP contribution >= 0.6 is 0 Å². The highest BCUT2D eigenvalue weighted by Crippen LogP contribution is 2.32. The van der Waals surface area contributed by atoms with Crippen molar-refractivity contribution < 1.29 is 5.11 Å². The van der Waals surface area contributed by atoms with Crippen molar-refractivity contribution in [3.63, 3.8) is 0 Å². The van der Waals surface area contributed by atoms with E-state index in [1.54, 1.807) is 0 Å². The van der Waals surface area contributed by atoms with Gasteiger partial charge in [0.25, 0.3) is 0 Å². The van der Waals surface area contributed by atoms with E-state index in [0.29, 0.717) is 6.04 Å². The molecular weight excluding hydrogens is 262 g/mol. The molecular formula is C17H23N3O. The molecule has 2 heterocycles. The average Bonchev–Trinajstić information content (AvgIpc) is 2.93. The van der Waals surface area contributed by atoms with Gasteiger partial charge in [0, 0.05) is 36.3 Å². The summed E-state index contributed by atoms with van der Waals surface area (Å²) in [7, 11) is 4.24. The number of pyridine rings is 1. The molecule has 3 rings (SSSR count). The summed E-state index contributed by atoms with van der Waals surface area (Å²) >= 11 is 0. The van der Waals surface area contributed by atoms with Gasteiger partial charge in [-0.2, -0.15) is 0 Å². The Labute approximate surface area is 126 Å². The Morgan fingerprint density at radius 1 is 1.29 bits per heavy atom. The van der Waals surface area contributed by atoms with Crippen LogP contribution in [-0.2, 0) is 6.61 Å². The summed E-state index contributed by atoms with van der Waals surface area (Å²) in [6.07, 6.45) is 4.26. The van der Waals surface area contributed by atoms with Crippen LogP contribution in [0.3, 0.4) is 0 Å². The van der Waals surface area contributed by atoms with E-state index in [-0.39, 0.29) is 6.61 Å². The first-order valence-electron chi connectivity index (χ1n) is 7.59. The highest BCUT2D eigenvalue weighted by molar-refractivity contribution is 5.94. The van der Waals surface area contributed by atoms with Crippen molar-refractivity contribution in [2.45, 2.75) is 25.5 Å². The van der Waals surface area contributed by atoms with Gasteiger partial charge in [-0.25, -0.2) is 4.98 Å². The van der Waals surface area contributed by atoms with Crippen LogP contribution in [-0.4, -0.2) is 48.2 Å². The average molecular weight is 285 g/mol. The van der Waals surface area contributed by atoms with E-state index >= 15 is 0 Å². The molecule has 112 valence electrons. The van der Waals surface area contributed by atoms with Gasteiger partial charge in [-0.1, -0.05) is 24.3 Å². The Hall–Kier alpha value is -1.65. The quantitative estimate of drug-likeness (QED) is 0.935. The number of fused-ring (bicyclic) bond motifs is 1. The second kappa shape index (κ2) is 6.00. The van der Waals surface area contributed by atoms with Gasteiger partial charge in [0.05, 0.1) is 6.61 Å². The highest BCUT2D eigenvalue weighted by atomic mass is 16.3. The van der Waals surface area contributed by atoms with Crippen molar-refractivity contribution in [2.75, 3.05) is 32.1 Å². The maximum absolute atomic E-state index is 9.50. The number of likely N-dealkylation sites (N-methyl/N-ethyl adjacent to an activating group) is 1. The molecule has 0 saturated carbocycles. The third kappa shape index (κ3) is 2.74. The zero-order valence-corrected chi connectivity index (χ0v) is 12.8. The molecule has 0 radical (unpaired) electrons. The molecule has 1 aromatic carbocycles. The molecule has 4 nitrogen and oxygen atoms in total. The summed E-state index contributed by atoms with van der Waals surface area (Å²) < 4.78 is 0. The lowest BCUT2D eigenvalue weighted by molar-refractivity contribution is 0.283. The van der Waals surface area contributed by atoms with Crippen LogP contribution in [0.15, 0.2) is 30.5 Å². The molecule has 1 unspecified atom stereocenters. The molecule has 0 bridgehead atoms. The van der Waals surface area contributed by atoms with Crippen molar-refractivity contribution in [1.29, 1.82) is 0 Å². The zero-order chi connectivity index (χ0) is 14.8. The molecule has 21 heavy (non-hydrogen) atoms. The molecule has 1 saturated heterocycles. The van der Waals surface area contributed by atoms with Crippen LogP contribution in [0, 0.1) is 0 Å². The minimum atomic E-state index is 0.0366.